The minimum atomic E-state index is 0.0276. The third kappa shape index (κ3) is 1.87. The van der Waals surface area contributed by atoms with E-state index in [2.05, 4.69) is 0 Å². The lowest BCUT2D eigenvalue weighted by Gasteiger charge is -2.32. The van der Waals surface area contributed by atoms with Crippen molar-refractivity contribution in [3.63, 3.8) is 0 Å². The lowest BCUT2D eigenvalue weighted by Crippen LogP contribution is -2.27. The molecule has 1 atom stereocenters. The van der Waals surface area contributed by atoms with Crippen LogP contribution in [0.5, 0.6) is 11.5 Å². The Bertz CT molecular complexity index is 339. The molecule has 3 heteroatoms. The summed E-state index contributed by atoms with van der Waals surface area (Å²) in [5, 5.41) is 0. The van der Waals surface area contributed by atoms with E-state index in [-0.39, 0.29) is 6.04 Å². The van der Waals surface area contributed by atoms with Gasteiger partial charge in [-0.05, 0) is 30.9 Å². The summed E-state index contributed by atoms with van der Waals surface area (Å²) in [5.74, 6) is 2.24. The third-order valence-corrected chi connectivity index (χ3v) is 3.46. The van der Waals surface area contributed by atoms with E-state index in [1.165, 1.54) is 19.3 Å². The predicted molar refractivity (Wildman–Crippen MR) is 63.8 cm³/mol. The molecule has 1 aliphatic rings. The molecule has 0 bridgehead atoms. The van der Waals surface area contributed by atoms with Crippen LogP contribution in [0.15, 0.2) is 18.2 Å². The highest BCUT2D eigenvalue weighted by Gasteiger charge is 2.29. The van der Waals surface area contributed by atoms with Crippen LogP contribution in [0, 0.1) is 5.92 Å². The van der Waals surface area contributed by atoms with Gasteiger partial charge in [-0.2, -0.15) is 0 Å². The first kappa shape index (κ1) is 11.3. The Morgan fingerprint density at radius 1 is 1.19 bits per heavy atom. The molecular weight excluding hydrogens is 202 g/mol. The van der Waals surface area contributed by atoms with Gasteiger partial charge < -0.3 is 15.2 Å². The van der Waals surface area contributed by atoms with E-state index < -0.39 is 0 Å². The highest BCUT2D eigenvalue weighted by atomic mass is 16.5. The molecule has 16 heavy (non-hydrogen) atoms. The van der Waals surface area contributed by atoms with Gasteiger partial charge >= 0.3 is 0 Å². The molecule has 1 fully saturated rings. The van der Waals surface area contributed by atoms with E-state index in [0.717, 1.165) is 17.1 Å². The van der Waals surface area contributed by atoms with E-state index in [1.807, 2.05) is 18.2 Å². The summed E-state index contributed by atoms with van der Waals surface area (Å²) in [7, 11) is 3.34. The largest absolute Gasteiger partial charge is 0.496 e. The zero-order valence-corrected chi connectivity index (χ0v) is 9.90. The smallest absolute Gasteiger partial charge is 0.127 e. The van der Waals surface area contributed by atoms with E-state index in [4.69, 9.17) is 15.2 Å². The molecule has 0 radical (unpaired) electrons. The van der Waals surface area contributed by atoms with Gasteiger partial charge in [0.05, 0.1) is 19.8 Å². The Hall–Kier alpha value is -1.22. The van der Waals surface area contributed by atoms with Crippen LogP contribution in [0.1, 0.15) is 30.9 Å². The zero-order chi connectivity index (χ0) is 11.5. The molecule has 1 aliphatic carbocycles. The Morgan fingerprint density at radius 2 is 1.75 bits per heavy atom. The van der Waals surface area contributed by atoms with E-state index in [9.17, 15) is 0 Å². The van der Waals surface area contributed by atoms with Crippen molar-refractivity contribution in [3.05, 3.63) is 23.8 Å². The standard InChI is InChI=1S/C13H19NO2/c1-15-10-7-4-8-11(16-2)12(10)13(14)9-5-3-6-9/h4,7-9,13H,3,5-6,14H2,1-2H3/t13-/m0/s1. The summed E-state index contributed by atoms with van der Waals surface area (Å²) in [6, 6.07) is 5.83. The van der Waals surface area contributed by atoms with Gasteiger partial charge in [0.1, 0.15) is 11.5 Å². The van der Waals surface area contributed by atoms with Crippen molar-refractivity contribution in [2.24, 2.45) is 11.7 Å². The van der Waals surface area contributed by atoms with Crippen molar-refractivity contribution in [2.45, 2.75) is 25.3 Å². The second-order valence-corrected chi connectivity index (χ2v) is 4.29. The van der Waals surface area contributed by atoms with E-state index in [0.29, 0.717) is 5.92 Å². The summed E-state index contributed by atoms with van der Waals surface area (Å²) in [6.07, 6.45) is 3.71. The summed E-state index contributed by atoms with van der Waals surface area (Å²) in [5.41, 5.74) is 7.30. The normalized spacial score (nSPS) is 17.7. The van der Waals surface area contributed by atoms with Crippen molar-refractivity contribution in [2.75, 3.05) is 14.2 Å². The molecule has 1 saturated carbocycles. The van der Waals surface area contributed by atoms with Crippen LogP contribution in [-0.4, -0.2) is 14.2 Å². The first-order valence-corrected chi connectivity index (χ1v) is 5.74. The summed E-state index contributed by atoms with van der Waals surface area (Å²) >= 11 is 0. The highest BCUT2D eigenvalue weighted by Crippen LogP contribution is 2.42. The maximum absolute atomic E-state index is 6.29. The number of benzene rings is 1. The van der Waals surface area contributed by atoms with Crippen molar-refractivity contribution in [3.8, 4) is 11.5 Å². The van der Waals surface area contributed by atoms with Gasteiger partial charge in [0.2, 0.25) is 0 Å². The quantitative estimate of drug-likeness (QED) is 0.849. The van der Waals surface area contributed by atoms with Gasteiger partial charge in [0.25, 0.3) is 0 Å². The molecule has 0 unspecified atom stereocenters. The average molecular weight is 221 g/mol. The van der Waals surface area contributed by atoms with Crippen LogP contribution < -0.4 is 15.2 Å². The minimum absolute atomic E-state index is 0.0276. The molecular formula is C13H19NO2. The molecule has 0 spiro atoms. The monoisotopic (exact) mass is 221 g/mol. The van der Waals surface area contributed by atoms with Crippen LogP contribution in [0.3, 0.4) is 0 Å². The summed E-state index contributed by atoms with van der Waals surface area (Å²) in [4.78, 5) is 0. The highest BCUT2D eigenvalue weighted by molar-refractivity contribution is 5.47. The fraction of sp³-hybridized carbons (Fsp3) is 0.538. The second-order valence-electron chi connectivity index (χ2n) is 4.29. The van der Waals surface area contributed by atoms with Crippen molar-refractivity contribution >= 4 is 0 Å². The Kier molecular flexibility index (Phi) is 3.34. The predicted octanol–water partition coefficient (Wildman–Crippen LogP) is 2.50. The fourth-order valence-electron chi connectivity index (χ4n) is 2.24. The van der Waals surface area contributed by atoms with Crippen molar-refractivity contribution in [1.82, 2.24) is 0 Å². The molecule has 1 aromatic carbocycles. The maximum atomic E-state index is 6.29. The van der Waals surface area contributed by atoms with Crippen LogP contribution in [0.4, 0.5) is 0 Å². The topological polar surface area (TPSA) is 44.5 Å². The van der Waals surface area contributed by atoms with Gasteiger partial charge in [0.15, 0.2) is 0 Å². The lowest BCUT2D eigenvalue weighted by molar-refractivity contribution is 0.254. The van der Waals surface area contributed by atoms with E-state index in [1.54, 1.807) is 14.2 Å². The summed E-state index contributed by atoms with van der Waals surface area (Å²) < 4.78 is 10.7. The maximum Gasteiger partial charge on any atom is 0.127 e. The fourth-order valence-corrected chi connectivity index (χ4v) is 2.24. The van der Waals surface area contributed by atoms with Gasteiger partial charge in [0, 0.05) is 6.04 Å². The molecule has 0 amide bonds. The van der Waals surface area contributed by atoms with Gasteiger partial charge in [-0.3, -0.25) is 0 Å². The number of methoxy groups -OCH3 is 2. The molecule has 2 N–H and O–H groups in total. The number of hydrogen-bond donors (Lipinski definition) is 1. The number of hydrogen-bond acceptors (Lipinski definition) is 3. The van der Waals surface area contributed by atoms with Crippen LogP contribution in [0.2, 0.25) is 0 Å². The van der Waals surface area contributed by atoms with Crippen LogP contribution in [-0.2, 0) is 0 Å². The molecule has 0 aliphatic heterocycles. The molecule has 1 aromatic rings. The Labute approximate surface area is 96.5 Å². The van der Waals surface area contributed by atoms with Gasteiger partial charge in [-0.25, -0.2) is 0 Å². The van der Waals surface area contributed by atoms with Gasteiger partial charge in [-0.1, -0.05) is 12.5 Å². The molecule has 3 nitrogen and oxygen atoms in total. The SMILES string of the molecule is COc1cccc(OC)c1[C@@H](N)C1CCC1. The molecule has 0 saturated heterocycles. The van der Waals surface area contributed by atoms with Crippen LogP contribution in [0.25, 0.3) is 0 Å². The molecule has 0 aromatic heterocycles. The average Bonchev–Trinajstić information content (AvgIpc) is 2.25. The van der Waals surface area contributed by atoms with Crippen LogP contribution >= 0.6 is 0 Å². The van der Waals surface area contributed by atoms with Gasteiger partial charge in [-0.15, -0.1) is 0 Å². The van der Waals surface area contributed by atoms with Crippen molar-refractivity contribution < 1.29 is 9.47 Å². The minimum Gasteiger partial charge on any atom is -0.496 e. The molecule has 2 rings (SSSR count). The molecule has 88 valence electrons. The number of rotatable bonds is 4. The number of nitrogens with two attached hydrogens (primary N) is 1. The zero-order valence-electron chi connectivity index (χ0n) is 9.90. The lowest BCUT2D eigenvalue weighted by atomic mass is 9.77. The number of ether oxygens (including phenoxy) is 2. The third-order valence-electron chi connectivity index (χ3n) is 3.46. The molecule has 0 heterocycles. The van der Waals surface area contributed by atoms with Crippen molar-refractivity contribution in [1.29, 1.82) is 0 Å². The summed E-state index contributed by atoms with van der Waals surface area (Å²) in [6.45, 7) is 0. The first-order chi connectivity index (χ1) is 7.77. The Morgan fingerprint density at radius 3 is 2.12 bits per heavy atom. The first-order valence-electron chi connectivity index (χ1n) is 5.74. The second kappa shape index (κ2) is 4.74. The Balaban J connectivity index is 2.34. The van der Waals surface area contributed by atoms with E-state index >= 15 is 0 Å².